The number of hydrogen-bond acceptors (Lipinski definition) is 4. The number of nitrogens with two attached hydrogens (primary N) is 1. The van der Waals surface area contributed by atoms with Crippen molar-refractivity contribution in [1.82, 2.24) is 4.90 Å². The van der Waals surface area contributed by atoms with E-state index in [9.17, 15) is 8.42 Å². The number of nitrogens with zero attached hydrogens (tertiary/aromatic N) is 1. The standard InChI is InChI=1S/C14H22N2O2S/c1-12-5-6-13(15)11-14(12)19(17,18)10-4-9-16-7-2-3-8-16/h5-6,11H,2-4,7-10,15H2,1H3. The van der Waals surface area contributed by atoms with Gasteiger partial charge in [-0.3, -0.25) is 0 Å². The fourth-order valence-corrected chi connectivity index (χ4v) is 4.15. The van der Waals surface area contributed by atoms with Gasteiger partial charge in [0.15, 0.2) is 9.84 Å². The summed E-state index contributed by atoms with van der Waals surface area (Å²) in [6, 6.07) is 5.07. The Bertz CT molecular complexity index is 534. The van der Waals surface area contributed by atoms with Crippen LogP contribution in [0.15, 0.2) is 23.1 Å². The Morgan fingerprint density at radius 3 is 2.63 bits per heavy atom. The molecule has 5 heteroatoms. The van der Waals surface area contributed by atoms with Gasteiger partial charge in [-0.1, -0.05) is 6.07 Å². The smallest absolute Gasteiger partial charge is 0.178 e. The summed E-state index contributed by atoms with van der Waals surface area (Å²) in [5, 5.41) is 0. The van der Waals surface area contributed by atoms with Crippen LogP contribution in [-0.2, 0) is 9.84 Å². The third-order valence-corrected chi connectivity index (χ3v) is 5.57. The predicted octanol–water partition coefficient (Wildman–Crippen LogP) is 1.84. The second kappa shape index (κ2) is 5.92. The Labute approximate surface area is 115 Å². The molecule has 0 aromatic heterocycles. The van der Waals surface area contributed by atoms with E-state index < -0.39 is 9.84 Å². The molecule has 0 aliphatic carbocycles. The SMILES string of the molecule is Cc1ccc(N)cc1S(=O)(=O)CCCN1CCCC1. The lowest BCUT2D eigenvalue weighted by atomic mass is 10.2. The first-order valence-corrected chi connectivity index (χ1v) is 8.45. The van der Waals surface area contributed by atoms with Crippen molar-refractivity contribution < 1.29 is 8.42 Å². The van der Waals surface area contributed by atoms with Crippen LogP contribution in [0.2, 0.25) is 0 Å². The number of benzene rings is 1. The van der Waals surface area contributed by atoms with Crippen molar-refractivity contribution in [3.05, 3.63) is 23.8 Å². The van der Waals surface area contributed by atoms with Crippen LogP contribution < -0.4 is 5.73 Å². The zero-order chi connectivity index (χ0) is 13.9. The van der Waals surface area contributed by atoms with Crippen LogP contribution >= 0.6 is 0 Å². The molecule has 0 bridgehead atoms. The number of rotatable bonds is 5. The summed E-state index contributed by atoms with van der Waals surface area (Å²) in [6.45, 7) is 4.90. The lowest BCUT2D eigenvalue weighted by Gasteiger charge is -2.14. The number of aryl methyl sites for hydroxylation is 1. The molecule has 2 N–H and O–H groups in total. The van der Waals surface area contributed by atoms with Gasteiger partial charge in [-0.05, 0) is 63.5 Å². The minimum atomic E-state index is -3.21. The summed E-state index contributed by atoms with van der Waals surface area (Å²) in [5.41, 5.74) is 6.96. The molecule has 0 radical (unpaired) electrons. The van der Waals surface area contributed by atoms with E-state index >= 15 is 0 Å². The minimum Gasteiger partial charge on any atom is -0.399 e. The first-order chi connectivity index (χ1) is 8.99. The number of hydrogen-bond donors (Lipinski definition) is 1. The summed E-state index contributed by atoms with van der Waals surface area (Å²) in [6.07, 6.45) is 3.17. The molecule has 106 valence electrons. The van der Waals surface area contributed by atoms with E-state index in [0.29, 0.717) is 17.0 Å². The molecule has 1 heterocycles. The Balaban J connectivity index is 1.99. The van der Waals surface area contributed by atoms with Crippen LogP contribution in [0.3, 0.4) is 0 Å². The zero-order valence-corrected chi connectivity index (χ0v) is 12.2. The summed E-state index contributed by atoms with van der Waals surface area (Å²) in [4.78, 5) is 2.72. The molecule has 1 aliphatic heterocycles. The first-order valence-electron chi connectivity index (χ1n) is 6.80. The molecule has 1 fully saturated rings. The van der Waals surface area contributed by atoms with Gasteiger partial charge in [-0.2, -0.15) is 0 Å². The van der Waals surface area contributed by atoms with Crippen molar-refractivity contribution in [3.63, 3.8) is 0 Å². The van der Waals surface area contributed by atoms with Crippen LogP contribution in [0.25, 0.3) is 0 Å². The molecule has 0 amide bonds. The molecule has 1 aromatic rings. The van der Waals surface area contributed by atoms with Gasteiger partial charge in [-0.25, -0.2) is 8.42 Å². The van der Waals surface area contributed by atoms with E-state index in [1.165, 1.54) is 12.8 Å². The highest BCUT2D eigenvalue weighted by molar-refractivity contribution is 7.91. The molecule has 4 nitrogen and oxygen atoms in total. The lowest BCUT2D eigenvalue weighted by molar-refractivity contribution is 0.340. The van der Waals surface area contributed by atoms with Crippen molar-refractivity contribution in [2.24, 2.45) is 0 Å². The minimum absolute atomic E-state index is 0.202. The maximum absolute atomic E-state index is 12.3. The average molecular weight is 282 g/mol. The van der Waals surface area contributed by atoms with E-state index in [0.717, 1.165) is 25.2 Å². The fraction of sp³-hybridized carbons (Fsp3) is 0.571. The highest BCUT2D eigenvalue weighted by atomic mass is 32.2. The normalized spacial score (nSPS) is 16.9. The molecule has 2 rings (SSSR count). The molecule has 0 atom stereocenters. The molecular weight excluding hydrogens is 260 g/mol. The number of anilines is 1. The van der Waals surface area contributed by atoms with Crippen molar-refractivity contribution in [3.8, 4) is 0 Å². The fourth-order valence-electron chi connectivity index (χ4n) is 2.55. The number of sulfone groups is 1. The monoisotopic (exact) mass is 282 g/mol. The van der Waals surface area contributed by atoms with Gasteiger partial charge in [0.05, 0.1) is 10.6 Å². The van der Waals surface area contributed by atoms with Gasteiger partial charge in [0, 0.05) is 5.69 Å². The van der Waals surface area contributed by atoms with E-state index in [1.807, 2.05) is 6.92 Å². The Morgan fingerprint density at radius 1 is 1.26 bits per heavy atom. The van der Waals surface area contributed by atoms with Gasteiger partial charge in [0.2, 0.25) is 0 Å². The highest BCUT2D eigenvalue weighted by Gasteiger charge is 2.18. The Morgan fingerprint density at radius 2 is 1.95 bits per heavy atom. The Hall–Kier alpha value is -1.07. The van der Waals surface area contributed by atoms with E-state index in [2.05, 4.69) is 4.90 Å². The predicted molar refractivity (Wildman–Crippen MR) is 77.9 cm³/mol. The second-order valence-electron chi connectivity index (χ2n) is 5.25. The van der Waals surface area contributed by atoms with Crippen LogP contribution in [-0.4, -0.2) is 38.7 Å². The molecule has 1 saturated heterocycles. The topological polar surface area (TPSA) is 63.4 Å². The van der Waals surface area contributed by atoms with Crippen LogP contribution in [0.5, 0.6) is 0 Å². The first kappa shape index (κ1) is 14.3. The van der Waals surface area contributed by atoms with Crippen molar-refractivity contribution >= 4 is 15.5 Å². The Kier molecular flexibility index (Phi) is 4.47. The quantitative estimate of drug-likeness (QED) is 0.837. The maximum atomic E-state index is 12.3. The molecule has 0 saturated carbocycles. The maximum Gasteiger partial charge on any atom is 0.178 e. The molecule has 0 unspecified atom stereocenters. The van der Waals surface area contributed by atoms with E-state index in [1.54, 1.807) is 18.2 Å². The summed E-state index contributed by atoms with van der Waals surface area (Å²) < 4.78 is 24.6. The van der Waals surface area contributed by atoms with Crippen LogP contribution in [0, 0.1) is 6.92 Å². The van der Waals surface area contributed by atoms with Gasteiger partial charge in [-0.15, -0.1) is 0 Å². The third-order valence-electron chi connectivity index (χ3n) is 3.63. The third kappa shape index (κ3) is 3.70. The van der Waals surface area contributed by atoms with Crippen molar-refractivity contribution in [2.75, 3.05) is 31.1 Å². The van der Waals surface area contributed by atoms with Gasteiger partial charge < -0.3 is 10.6 Å². The van der Waals surface area contributed by atoms with Crippen LogP contribution in [0.1, 0.15) is 24.8 Å². The number of likely N-dealkylation sites (tertiary alicyclic amines) is 1. The summed E-state index contributed by atoms with van der Waals surface area (Å²) in [7, 11) is -3.21. The number of nitrogen functional groups attached to an aromatic ring is 1. The van der Waals surface area contributed by atoms with Gasteiger partial charge in [0.25, 0.3) is 0 Å². The largest absolute Gasteiger partial charge is 0.399 e. The van der Waals surface area contributed by atoms with Crippen molar-refractivity contribution in [2.45, 2.75) is 31.1 Å². The second-order valence-corrected chi connectivity index (χ2v) is 7.32. The zero-order valence-electron chi connectivity index (χ0n) is 11.4. The highest BCUT2D eigenvalue weighted by Crippen LogP contribution is 2.20. The molecular formula is C14H22N2O2S. The average Bonchev–Trinajstić information content (AvgIpc) is 2.85. The van der Waals surface area contributed by atoms with Crippen LogP contribution in [0.4, 0.5) is 5.69 Å². The lowest BCUT2D eigenvalue weighted by Crippen LogP contribution is -2.22. The van der Waals surface area contributed by atoms with Gasteiger partial charge >= 0.3 is 0 Å². The molecule has 1 aromatic carbocycles. The van der Waals surface area contributed by atoms with E-state index in [-0.39, 0.29) is 5.75 Å². The van der Waals surface area contributed by atoms with E-state index in [4.69, 9.17) is 5.73 Å². The van der Waals surface area contributed by atoms with Gasteiger partial charge in [0.1, 0.15) is 0 Å². The molecule has 0 spiro atoms. The summed E-state index contributed by atoms with van der Waals surface area (Å²) >= 11 is 0. The summed E-state index contributed by atoms with van der Waals surface area (Å²) in [5.74, 6) is 0.202. The molecule has 1 aliphatic rings. The van der Waals surface area contributed by atoms with Crippen molar-refractivity contribution in [1.29, 1.82) is 0 Å². The molecule has 19 heavy (non-hydrogen) atoms.